The molecule has 1 N–H and O–H groups in total. The zero-order valence-electron chi connectivity index (χ0n) is 12.2. The van der Waals surface area contributed by atoms with Gasteiger partial charge < -0.3 is 5.32 Å². The normalized spacial score (nSPS) is 14.2. The summed E-state index contributed by atoms with van der Waals surface area (Å²) in [5.41, 5.74) is -4.67. The van der Waals surface area contributed by atoms with Gasteiger partial charge in [0.1, 0.15) is 0 Å². The van der Waals surface area contributed by atoms with Gasteiger partial charge >= 0.3 is 5.51 Å². The first-order chi connectivity index (χ1) is 9.54. The Morgan fingerprint density at radius 1 is 1.05 bits per heavy atom. The number of halogens is 3. The van der Waals surface area contributed by atoms with E-state index < -0.39 is 20.2 Å². The molecule has 0 fully saturated rings. The number of alkyl halides is 3. The lowest BCUT2D eigenvalue weighted by molar-refractivity contribution is -0.0436. The maximum absolute atomic E-state index is 12.4. The van der Waals surface area contributed by atoms with Gasteiger partial charge in [-0.05, 0) is 49.9 Å². The van der Waals surface area contributed by atoms with E-state index in [-0.39, 0.29) is 6.04 Å². The average molecular weight is 323 g/mol. The lowest BCUT2D eigenvalue weighted by Crippen LogP contribution is -2.23. The topological polar surface area (TPSA) is 46.2 Å². The van der Waals surface area contributed by atoms with E-state index in [0.717, 1.165) is 25.0 Å². The van der Waals surface area contributed by atoms with Crippen LogP contribution in [0, 0.1) is 5.92 Å². The van der Waals surface area contributed by atoms with Gasteiger partial charge in [-0.2, -0.15) is 13.2 Å². The molecule has 1 aromatic rings. The fourth-order valence-corrected chi connectivity index (χ4v) is 2.57. The Kier molecular flexibility index (Phi) is 5.67. The number of rotatable bonds is 6. The van der Waals surface area contributed by atoms with Crippen molar-refractivity contribution in [1.29, 1.82) is 0 Å². The smallest absolute Gasteiger partial charge is 0.383 e. The predicted molar refractivity (Wildman–Crippen MR) is 76.8 cm³/mol. The van der Waals surface area contributed by atoms with Gasteiger partial charge in [0.15, 0.2) is 0 Å². The van der Waals surface area contributed by atoms with Crippen molar-refractivity contribution >= 4 is 15.5 Å². The third-order valence-electron chi connectivity index (χ3n) is 3.06. The minimum atomic E-state index is -5.27. The molecule has 7 heteroatoms. The molecule has 0 spiro atoms. The molecule has 0 aliphatic carbocycles. The molecule has 0 aliphatic rings. The van der Waals surface area contributed by atoms with Crippen LogP contribution in [0.1, 0.15) is 33.6 Å². The number of hydrogen-bond acceptors (Lipinski definition) is 3. The van der Waals surface area contributed by atoms with Crippen LogP contribution in [0.15, 0.2) is 29.2 Å². The van der Waals surface area contributed by atoms with Crippen LogP contribution in [0.3, 0.4) is 0 Å². The molecule has 0 radical (unpaired) electrons. The van der Waals surface area contributed by atoms with Crippen molar-refractivity contribution in [3.05, 3.63) is 24.3 Å². The molecule has 1 aromatic carbocycles. The quantitative estimate of drug-likeness (QED) is 0.853. The van der Waals surface area contributed by atoms with Crippen molar-refractivity contribution in [3.8, 4) is 0 Å². The lowest BCUT2D eigenvalue weighted by Gasteiger charge is -2.16. The summed E-state index contributed by atoms with van der Waals surface area (Å²) in [4.78, 5) is -0.740. The third kappa shape index (κ3) is 4.91. The van der Waals surface area contributed by atoms with E-state index in [1.807, 2.05) is 6.92 Å². The van der Waals surface area contributed by atoms with Gasteiger partial charge in [0.25, 0.3) is 9.84 Å². The standard InChI is InChI=1S/C14H20F3NO2S/c1-10(2)4-5-11(3)18-12-6-8-13(9-7-12)21(19,20)14(15,16)17/h6-11,18H,4-5H2,1-3H3. The highest BCUT2D eigenvalue weighted by Crippen LogP contribution is 2.30. The number of hydrogen-bond donors (Lipinski definition) is 1. The Morgan fingerprint density at radius 2 is 1.57 bits per heavy atom. The van der Waals surface area contributed by atoms with Crippen molar-refractivity contribution in [2.24, 2.45) is 5.92 Å². The molecule has 0 aromatic heterocycles. The summed E-state index contributed by atoms with van der Waals surface area (Å²) in [6.07, 6.45) is 1.97. The second-order valence-electron chi connectivity index (χ2n) is 5.49. The van der Waals surface area contributed by atoms with Crippen LogP contribution in [0.2, 0.25) is 0 Å². The summed E-state index contributed by atoms with van der Waals surface area (Å²) in [6, 6.07) is 4.81. The zero-order valence-corrected chi connectivity index (χ0v) is 13.1. The summed E-state index contributed by atoms with van der Waals surface area (Å²) in [5, 5.41) is 3.14. The molecule has 120 valence electrons. The van der Waals surface area contributed by atoms with Crippen LogP contribution in [0.5, 0.6) is 0 Å². The minimum Gasteiger partial charge on any atom is -0.383 e. The third-order valence-corrected chi connectivity index (χ3v) is 4.56. The van der Waals surface area contributed by atoms with E-state index in [0.29, 0.717) is 11.6 Å². The molecule has 0 saturated heterocycles. The van der Waals surface area contributed by atoms with Crippen molar-refractivity contribution in [2.45, 2.75) is 50.1 Å². The van der Waals surface area contributed by atoms with Crippen LogP contribution in [-0.2, 0) is 9.84 Å². The molecule has 0 bridgehead atoms. The maximum atomic E-state index is 12.4. The SMILES string of the molecule is CC(C)CCC(C)Nc1ccc(S(=O)(=O)C(F)(F)F)cc1. The predicted octanol–water partition coefficient (Wildman–Crippen LogP) is 4.22. The van der Waals surface area contributed by atoms with Crippen LogP contribution in [0.4, 0.5) is 18.9 Å². The molecule has 0 amide bonds. The van der Waals surface area contributed by atoms with E-state index in [4.69, 9.17) is 0 Å². The van der Waals surface area contributed by atoms with E-state index in [1.165, 1.54) is 12.1 Å². The van der Waals surface area contributed by atoms with E-state index in [1.54, 1.807) is 0 Å². The second-order valence-corrected chi connectivity index (χ2v) is 7.43. The Bertz CT molecular complexity index is 551. The summed E-state index contributed by atoms with van der Waals surface area (Å²) in [7, 11) is -5.27. The van der Waals surface area contributed by atoms with Gasteiger partial charge in [-0.25, -0.2) is 8.42 Å². The van der Waals surface area contributed by atoms with Crippen molar-refractivity contribution in [1.82, 2.24) is 0 Å². The minimum absolute atomic E-state index is 0.164. The Labute approximate surface area is 123 Å². The van der Waals surface area contributed by atoms with Gasteiger partial charge in [0.05, 0.1) is 4.90 Å². The molecule has 1 unspecified atom stereocenters. The largest absolute Gasteiger partial charge is 0.501 e. The molecule has 1 atom stereocenters. The maximum Gasteiger partial charge on any atom is 0.501 e. The number of nitrogens with one attached hydrogen (secondary N) is 1. The first kappa shape index (κ1) is 17.8. The molecule has 0 heterocycles. The first-order valence-corrected chi connectivity index (χ1v) is 8.20. The highest BCUT2D eigenvalue weighted by molar-refractivity contribution is 7.92. The molecule has 0 saturated carbocycles. The molecular weight excluding hydrogens is 303 g/mol. The number of sulfone groups is 1. The first-order valence-electron chi connectivity index (χ1n) is 6.72. The van der Waals surface area contributed by atoms with Gasteiger partial charge in [-0.15, -0.1) is 0 Å². The fourth-order valence-electron chi connectivity index (χ4n) is 1.80. The van der Waals surface area contributed by atoms with E-state index in [9.17, 15) is 21.6 Å². The van der Waals surface area contributed by atoms with Crippen LogP contribution < -0.4 is 5.32 Å². The zero-order chi connectivity index (χ0) is 16.3. The fraction of sp³-hybridized carbons (Fsp3) is 0.571. The van der Waals surface area contributed by atoms with Gasteiger partial charge in [0.2, 0.25) is 0 Å². The number of anilines is 1. The van der Waals surface area contributed by atoms with Crippen molar-refractivity contribution < 1.29 is 21.6 Å². The van der Waals surface area contributed by atoms with Gasteiger partial charge in [0, 0.05) is 11.7 Å². The summed E-state index contributed by atoms with van der Waals surface area (Å²) in [5.74, 6) is 0.577. The molecule has 1 rings (SSSR count). The summed E-state index contributed by atoms with van der Waals surface area (Å²) < 4.78 is 59.6. The van der Waals surface area contributed by atoms with E-state index in [2.05, 4.69) is 19.2 Å². The van der Waals surface area contributed by atoms with Crippen molar-refractivity contribution in [3.63, 3.8) is 0 Å². The highest BCUT2D eigenvalue weighted by atomic mass is 32.2. The monoisotopic (exact) mass is 323 g/mol. The Hall–Kier alpha value is -1.24. The van der Waals surface area contributed by atoms with Crippen LogP contribution in [-0.4, -0.2) is 20.0 Å². The highest BCUT2D eigenvalue weighted by Gasteiger charge is 2.46. The van der Waals surface area contributed by atoms with E-state index >= 15 is 0 Å². The number of benzene rings is 1. The van der Waals surface area contributed by atoms with Crippen LogP contribution >= 0.6 is 0 Å². The van der Waals surface area contributed by atoms with Crippen LogP contribution in [0.25, 0.3) is 0 Å². The molecular formula is C14H20F3NO2S. The molecule has 21 heavy (non-hydrogen) atoms. The Morgan fingerprint density at radius 3 is 2.00 bits per heavy atom. The van der Waals surface area contributed by atoms with Gasteiger partial charge in [-0.1, -0.05) is 13.8 Å². The average Bonchev–Trinajstić information content (AvgIpc) is 2.35. The molecule has 3 nitrogen and oxygen atoms in total. The second kappa shape index (κ2) is 6.68. The van der Waals surface area contributed by atoms with Crippen molar-refractivity contribution in [2.75, 3.05) is 5.32 Å². The summed E-state index contributed by atoms with van der Waals surface area (Å²) >= 11 is 0. The Balaban J connectivity index is 2.75. The van der Waals surface area contributed by atoms with Gasteiger partial charge in [-0.3, -0.25) is 0 Å². The molecule has 0 aliphatic heterocycles. The summed E-state index contributed by atoms with van der Waals surface area (Å²) in [6.45, 7) is 6.20. The lowest BCUT2D eigenvalue weighted by atomic mass is 10.0.